The highest BCUT2D eigenvalue weighted by Crippen LogP contribution is 2.07. The Morgan fingerprint density at radius 2 is 1.81 bits per heavy atom. The summed E-state index contributed by atoms with van der Waals surface area (Å²) in [4.78, 5) is 33.4. The second-order valence-corrected chi connectivity index (χ2v) is 4.43. The molecule has 3 N–H and O–H groups in total. The molecule has 0 aliphatic rings. The van der Waals surface area contributed by atoms with Gasteiger partial charge in [0.15, 0.2) is 0 Å². The number of carbonyl (C=O) groups excluding carboxylic acids is 1. The van der Waals surface area contributed by atoms with Crippen molar-refractivity contribution in [2.75, 3.05) is 7.11 Å². The van der Waals surface area contributed by atoms with Crippen LogP contribution in [-0.2, 0) is 20.9 Å². The zero-order valence-corrected chi connectivity index (χ0v) is 11.5. The van der Waals surface area contributed by atoms with Crippen LogP contribution in [0.25, 0.3) is 0 Å². The van der Waals surface area contributed by atoms with E-state index in [1.165, 1.54) is 0 Å². The molecule has 0 aliphatic heterocycles. The van der Waals surface area contributed by atoms with Crippen LogP contribution in [0.5, 0.6) is 0 Å². The normalized spacial score (nSPS) is 11.7. The van der Waals surface area contributed by atoms with Crippen molar-refractivity contribution in [2.45, 2.75) is 25.5 Å². The van der Waals surface area contributed by atoms with Gasteiger partial charge in [0.1, 0.15) is 6.04 Å². The zero-order chi connectivity index (χ0) is 15.8. The Bertz CT molecular complexity index is 511. The summed E-state index contributed by atoms with van der Waals surface area (Å²) >= 11 is 0. The van der Waals surface area contributed by atoms with Crippen LogP contribution in [0.2, 0.25) is 0 Å². The summed E-state index contributed by atoms with van der Waals surface area (Å²) in [5.41, 5.74) is 1.19. The molecule has 0 saturated heterocycles. The second kappa shape index (κ2) is 8.01. The first-order valence-electron chi connectivity index (χ1n) is 6.27. The van der Waals surface area contributed by atoms with Gasteiger partial charge in [-0.2, -0.15) is 0 Å². The van der Waals surface area contributed by atoms with E-state index in [9.17, 15) is 14.4 Å². The zero-order valence-electron chi connectivity index (χ0n) is 11.5. The topological polar surface area (TPSA) is 113 Å². The number of nitrogens with one attached hydrogen (secondary N) is 1. The molecule has 1 aromatic carbocycles. The van der Waals surface area contributed by atoms with Crippen LogP contribution in [0.4, 0.5) is 0 Å². The first-order chi connectivity index (χ1) is 9.93. The number of amides is 1. The second-order valence-electron chi connectivity index (χ2n) is 4.43. The van der Waals surface area contributed by atoms with Crippen molar-refractivity contribution in [3.05, 3.63) is 35.4 Å². The molecule has 1 rings (SSSR count). The van der Waals surface area contributed by atoms with E-state index in [4.69, 9.17) is 14.9 Å². The smallest absolute Gasteiger partial charge is 0.326 e. The molecule has 0 aromatic heterocycles. The molecule has 0 spiro atoms. The molecule has 114 valence electrons. The van der Waals surface area contributed by atoms with Gasteiger partial charge in [0.05, 0.1) is 6.61 Å². The fraction of sp³-hybridized carbons (Fsp3) is 0.357. The first-order valence-corrected chi connectivity index (χ1v) is 6.27. The monoisotopic (exact) mass is 295 g/mol. The number of ether oxygens (including phenoxy) is 1. The lowest BCUT2D eigenvalue weighted by atomic mass is 10.1. The largest absolute Gasteiger partial charge is 0.481 e. The third-order valence-corrected chi connectivity index (χ3v) is 2.78. The number of hydrogen-bond acceptors (Lipinski definition) is 4. The van der Waals surface area contributed by atoms with Gasteiger partial charge in [-0.25, -0.2) is 4.79 Å². The van der Waals surface area contributed by atoms with Crippen molar-refractivity contribution in [1.29, 1.82) is 0 Å². The Morgan fingerprint density at radius 3 is 2.29 bits per heavy atom. The summed E-state index contributed by atoms with van der Waals surface area (Å²) in [5, 5.41) is 19.8. The third-order valence-electron chi connectivity index (χ3n) is 2.78. The Kier molecular flexibility index (Phi) is 6.35. The number of benzene rings is 1. The highest BCUT2D eigenvalue weighted by atomic mass is 16.5. The van der Waals surface area contributed by atoms with Crippen LogP contribution in [0.3, 0.4) is 0 Å². The van der Waals surface area contributed by atoms with Crippen LogP contribution in [0, 0.1) is 0 Å². The molecule has 1 aromatic rings. The van der Waals surface area contributed by atoms with Crippen LogP contribution in [0.15, 0.2) is 24.3 Å². The van der Waals surface area contributed by atoms with E-state index in [0.717, 1.165) is 5.56 Å². The van der Waals surface area contributed by atoms with Crippen LogP contribution in [0.1, 0.15) is 28.8 Å². The van der Waals surface area contributed by atoms with Crippen LogP contribution < -0.4 is 5.32 Å². The Hall–Kier alpha value is -2.41. The van der Waals surface area contributed by atoms with Gasteiger partial charge in [0.2, 0.25) is 0 Å². The van der Waals surface area contributed by atoms with Crippen LogP contribution in [-0.4, -0.2) is 41.2 Å². The molecule has 0 bridgehead atoms. The fourth-order valence-electron chi connectivity index (χ4n) is 1.69. The molecule has 1 atom stereocenters. The van der Waals surface area contributed by atoms with Gasteiger partial charge in [-0.1, -0.05) is 12.1 Å². The molecule has 0 heterocycles. The van der Waals surface area contributed by atoms with Crippen molar-refractivity contribution in [3.63, 3.8) is 0 Å². The summed E-state index contributed by atoms with van der Waals surface area (Å²) in [6, 6.07) is 5.28. The summed E-state index contributed by atoms with van der Waals surface area (Å²) in [6.07, 6.45) is -0.498. The van der Waals surface area contributed by atoms with Crippen molar-refractivity contribution in [2.24, 2.45) is 0 Å². The summed E-state index contributed by atoms with van der Waals surface area (Å²) in [7, 11) is 1.56. The number of carboxylic acid groups (broad SMARTS) is 2. The molecule has 0 saturated carbocycles. The minimum atomic E-state index is -1.26. The van der Waals surface area contributed by atoms with E-state index in [0.29, 0.717) is 12.2 Å². The lowest BCUT2D eigenvalue weighted by Gasteiger charge is -2.13. The number of methoxy groups -OCH3 is 1. The van der Waals surface area contributed by atoms with E-state index in [1.807, 2.05) is 0 Å². The van der Waals surface area contributed by atoms with Crippen LogP contribution >= 0.6 is 0 Å². The quantitative estimate of drug-likeness (QED) is 0.656. The maximum absolute atomic E-state index is 11.9. The fourth-order valence-corrected chi connectivity index (χ4v) is 1.69. The van der Waals surface area contributed by atoms with Gasteiger partial charge in [0, 0.05) is 19.1 Å². The van der Waals surface area contributed by atoms with E-state index in [-0.39, 0.29) is 12.8 Å². The maximum atomic E-state index is 11.9. The Labute approximate surface area is 121 Å². The van der Waals surface area contributed by atoms with Crippen molar-refractivity contribution < 1.29 is 29.3 Å². The number of aliphatic carboxylic acids is 2. The molecule has 7 nitrogen and oxygen atoms in total. The number of carboxylic acids is 2. The molecular weight excluding hydrogens is 278 g/mol. The van der Waals surface area contributed by atoms with Gasteiger partial charge < -0.3 is 20.3 Å². The number of rotatable bonds is 8. The van der Waals surface area contributed by atoms with Gasteiger partial charge in [0.25, 0.3) is 5.91 Å². The SMILES string of the molecule is COCc1ccc(C(=O)NC(CCC(=O)O)C(=O)O)cc1. The lowest BCUT2D eigenvalue weighted by Crippen LogP contribution is -2.41. The lowest BCUT2D eigenvalue weighted by molar-refractivity contribution is -0.140. The highest BCUT2D eigenvalue weighted by Gasteiger charge is 2.21. The predicted molar refractivity (Wildman–Crippen MR) is 72.9 cm³/mol. The summed E-state index contributed by atoms with van der Waals surface area (Å²) < 4.78 is 4.94. The molecule has 7 heteroatoms. The molecule has 0 aliphatic carbocycles. The molecule has 21 heavy (non-hydrogen) atoms. The standard InChI is InChI=1S/C14H17NO6/c1-21-8-9-2-4-10(5-3-9)13(18)15-11(14(19)20)6-7-12(16)17/h2-5,11H,6-8H2,1H3,(H,15,18)(H,16,17)(H,19,20). The molecule has 1 unspecified atom stereocenters. The molecular formula is C14H17NO6. The Balaban J connectivity index is 2.67. The Morgan fingerprint density at radius 1 is 1.19 bits per heavy atom. The highest BCUT2D eigenvalue weighted by molar-refractivity contribution is 5.96. The molecule has 1 amide bonds. The average Bonchev–Trinajstić information content (AvgIpc) is 2.43. The van der Waals surface area contributed by atoms with Gasteiger partial charge >= 0.3 is 11.9 Å². The van der Waals surface area contributed by atoms with Gasteiger partial charge in [-0.15, -0.1) is 0 Å². The summed E-state index contributed by atoms with van der Waals surface area (Å²) in [5.74, 6) is -2.93. The van der Waals surface area contributed by atoms with Gasteiger partial charge in [-0.3, -0.25) is 9.59 Å². The predicted octanol–water partition coefficient (Wildman–Crippen LogP) is 0.881. The first kappa shape index (κ1) is 16.6. The minimum Gasteiger partial charge on any atom is -0.481 e. The van der Waals surface area contributed by atoms with Gasteiger partial charge in [-0.05, 0) is 24.1 Å². The molecule has 0 radical (unpaired) electrons. The molecule has 0 fully saturated rings. The number of carbonyl (C=O) groups is 3. The van der Waals surface area contributed by atoms with E-state index < -0.39 is 23.9 Å². The minimum absolute atomic E-state index is 0.168. The van der Waals surface area contributed by atoms with Crippen molar-refractivity contribution >= 4 is 17.8 Å². The maximum Gasteiger partial charge on any atom is 0.326 e. The van der Waals surface area contributed by atoms with E-state index >= 15 is 0 Å². The number of hydrogen-bond donors (Lipinski definition) is 3. The average molecular weight is 295 g/mol. The van der Waals surface area contributed by atoms with Crippen molar-refractivity contribution in [3.8, 4) is 0 Å². The third kappa shape index (κ3) is 5.62. The summed E-state index contributed by atoms with van der Waals surface area (Å²) in [6.45, 7) is 0.415. The van der Waals surface area contributed by atoms with Crippen molar-refractivity contribution in [1.82, 2.24) is 5.32 Å². The van der Waals surface area contributed by atoms with E-state index in [2.05, 4.69) is 5.32 Å². The van der Waals surface area contributed by atoms with E-state index in [1.54, 1.807) is 31.4 Å².